The zero-order valence-electron chi connectivity index (χ0n) is 17.9. The van der Waals surface area contributed by atoms with Gasteiger partial charge in [0.15, 0.2) is 5.78 Å². The molecule has 0 aliphatic rings. The van der Waals surface area contributed by atoms with E-state index in [9.17, 15) is 32.3 Å². The third-order valence-electron chi connectivity index (χ3n) is 5.14. The van der Waals surface area contributed by atoms with Crippen LogP contribution in [0.5, 0.6) is 0 Å². The second kappa shape index (κ2) is 10.3. The van der Waals surface area contributed by atoms with E-state index in [4.69, 9.17) is 5.73 Å². The number of phosphoric ester groups is 1. The molecule has 1 unspecified atom stereocenters. The maximum atomic E-state index is 12.8. The van der Waals surface area contributed by atoms with Crippen molar-refractivity contribution in [2.24, 2.45) is 12.8 Å². The first-order valence-corrected chi connectivity index (χ1v) is 11.4. The molecule has 2 rings (SSSR count). The molecule has 1 aromatic carbocycles. The number of nitrogens with two attached hydrogens (primary N) is 1. The van der Waals surface area contributed by atoms with Crippen molar-refractivity contribution in [2.45, 2.75) is 50.7 Å². The fourth-order valence-electron chi connectivity index (χ4n) is 3.28. The lowest BCUT2D eigenvalue weighted by molar-refractivity contribution is -0.342. The summed E-state index contributed by atoms with van der Waals surface area (Å²) in [6.45, 7) is 1.12. The minimum absolute atomic E-state index is 0.136. The van der Waals surface area contributed by atoms with E-state index in [1.807, 2.05) is 0 Å². The van der Waals surface area contributed by atoms with Gasteiger partial charge in [-0.15, -0.1) is 0 Å². The number of hydrogen-bond donors (Lipinski definition) is 1. The summed E-state index contributed by atoms with van der Waals surface area (Å²) in [4.78, 5) is 33.8. The number of Topliss-reactive ketones (excluding diaryl/α,β-unsaturated/α-hetero) is 1. The minimum atomic E-state index is -5.11. The largest absolute Gasteiger partial charge is 0.790 e. The Morgan fingerprint density at radius 3 is 2.50 bits per heavy atom. The van der Waals surface area contributed by atoms with E-state index in [2.05, 4.69) is 4.52 Å². The molecule has 0 radical (unpaired) electrons. The number of rotatable bonds is 11. The predicted octanol–water partition coefficient (Wildman–Crippen LogP) is 2.74. The number of aryl methyl sites for hydroxylation is 2. The molecule has 2 N–H and O–H groups in total. The van der Waals surface area contributed by atoms with Crippen LogP contribution in [0.2, 0.25) is 0 Å². The molecule has 0 aliphatic carbocycles. The molecule has 0 amide bonds. The zero-order chi connectivity index (χ0) is 24.2. The van der Waals surface area contributed by atoms with E-state index in [0.717, 1.165) is 17.8 Å². The van der Waals surface area contributed by atoms with E-state index in [1.54, 1.807) is 36.7 Å². The number of phosphoric acid groups is 1. The van der Waals surface area contributed by atoms with Gasteiger partial charge in [0.1, 0.15) is 0 Å². The first-order chi connectivity index (χ1) is 14.7. The van der Waals surface area contributed by atoms with E-state index in [-0.39, 0.29) is 12.2 Å². The van der Waals surface area contributed by atoms with Gasteiger partial charge >= 0.3 is 6.18 Å². The molecule has 0 saturated heterocycles. The van der Waals surface area contributed by atoms with Crippen LogP contribution in [0.15, 0.2) is 36.4 Å². The topological polar surface area (TPSA) is 120 Å². The Balaban J connectivity index is 1.90. The molecule has 0 saturated carbocycles. The second-order valence-electron chi connectivity index (χ2n) is 8.12. The van der Waals surface area contributed by atoms with Gasteiger partial charge in [0.2, 0.25) is 0 Å². The van der Waals surface area contributed by atoms with Crippen molar-refractivity contribution in [3.05, 3.63) is 58.9 Å². The quantitative estimate of drug-likeness (QED) is 0.395. The maximum Gasteiger partial charge on any atom is 0.416 e. The van der Waals surface area contributed by atoms with Crippen LogP contribution in [0.4, 0.5) is 13.2 Å². The summed E-state index contributed by atoms with van der Waals surface area (Å²) in [6.07, 6.45) is -2.73. The van der Waals surface area contributed by atoms with Crippen LogP contribution in [0.1, 0.15) is 53.5 Å². The van der Waals surface area contributed by atoms with Gasteiger partial charge < -0.3 is 29.2 Å². The third-order valence-corrected chi connectivity index (χ3v) is 5.59. The molecular weight excluding hydrogens is 448 g/mol. The summed E-state index contributed by atoms with van der Waals surface area (Å²) in [5.74, 6) is -0.136. The Morgan fingerprint density at radius 1 is 1.19 bits per heavy atom. The number of nitrogens with zero attached hydrogens (tertiary/aromatic N) is 1. The average Bonchev–Trinajstić information content (AvgIpc) is 3.05. The van der Waals surface area contributed by atoms with E-state index in [0.29, 0.717) is 36.9 Å². The van der Waals surface area contributed by atoms with Crippen LogP contribution in [0.25, 0.3) is 0 Å². The lowest BCUT2D eigenvalue weighted by Crippen LogP contribution is -2.42. The molecular formula is C21H26F3N2O5P-2. The Morgan fingerprint density at radius 2 is 1.88 bits per heavy atom. The molecule has 11 heteroatoms. The number of ketones is 1. The molecule has 0 aliphatic heterocycles. The second-order valence-corrected chi connectivity index (χ2v) is 9.27. The summed E-state index contributed by atoms with van der Waals surface area (Å²) < 4.78 is 55.0. The van der Waals surface area contributed by atoms with Crippen molar-refractivity contribution in [3.63, 3.8) is 0 Å². The number of carbonyl (C=O) groups excluding carboxylic acids is 1. The number of halogens is 3. The minimum Gasteiger partial charge on any atom is -0.790 e. The van der Waals surface area contributed by atoms with Crippen LogP contribution < -0.4 is 15.5 Å². The molecule has 7 nitrogen and oxygen atoms in total. The third kappa shape index (κ3) is 8.18. The van der Waals surface area contributed by atoms with Crippen LogP contribution >= 0.6 is 7.82 Å². The van der Waals surface area contributed by atoms with Crippen LogP contribution in [-0.2, 0) is 35.2 Å². The Bertz CT molecular complexity index is 982. The highest BCUT2D eigenvalue weighted by Gasteiger charge is 2.30. The average molecular weight is 474 g/mol. The summed E-state index contributed by atoms with van der Waals surface area (Å²) in [6, 6.07) is 8.48. The van der Waals surface area contributed by atoms with Crippen molar-refractivity contribution in [3.8, 4) is 0 Å². The Kier molecular flexibility index (Phi) is 8.47. The highest BCUT2D eigenvalue weighted by Crippen LogP contribution is 2.30. The monoisotopic (exact) mass is 474 g/mol. The number of carbonyl (C=O) groups is 1. The van der Waals surface area contributed by atoms with E-state index >= 15 is 0 Å². The lowest BCUT2D eigenvalue weighted by Gasteiger charge is -2.33. The molecule has 1 heterocycles. The van der Waals surface area contributed by atoms with Gasteiger partial charge in [0, 0.05) is 24.7 Å². The molecule has 2 aromatic rings. The van der Waals surface area contributed by atoms with Crippen molar-refractivity contribution >= 4 is 13.6 Å². The molecule has 1 atom stereocenters. The van der Waals surface area contributed by atoms with Crippen molar-refractivity contribution in [1.29, 1.82) is 0 Å². The van der Waals surface area contributed by atoms with Gasteiger partial charge in [0.05, 0.1) is 25.7 Å². The highest BCUT2D eigenvalue weighted by molar-refractivity contribution is 7.43. The molecule has 1 aromatic heterocycles. The first-order valence-electron chi connectivity index (χ1n) is 9.97. The van der Waals surface area contributed by atoms with Gasteiger partial charge in [-0.3, -0.25) is 4.79 Å². The lowest BCUT2D eigenvalue weighted by atomic mass is 9.97. The number of benzene rings is 1. The van der Waals surface area contributed by atoms with Gasteiger partial charge in [-0.05, 0) is 56.4 Å². The molecule has 178 valence electrons. The first kappa shape index (κ1) is 26.3. The molecule has 0 fully saturated rings. The predicted molar refractivity (Wildman–Crippen MR) is 109 cm³/mol. The Hall–Kier alpha value is -1.97. The smallest absolute Gasteiger partial charge is 0.416 e. The standard InChI is InChI=1S/C21H28F3N2O5P/c1-20(25,14-31-32(28,29)30)12-11-17-9-10-18(26(17)2)19(27)8-4-6-15-5-3-7-16(13-15)21(22,23)24/h3,5,7,9-10,13H,4,6,8,11-12,14,25H2,1-2H3,(H2,28,29,30)/p-2. The van der Waals surface area contributed by atoms with Crippen molar-refractivity contribution < 1.29 is 36.8 Å². The van der Waals surface area contributed by atoms with Gasteiger partial charge in [0.25, 0.3) is 0 Å². The normalized spacial score (nSPS) is 14.4. The van der Waals surface area contributed by atoms with Gasteiger partial charge in [-0.2, -0.15) is 13.2 Å². The van der Waals surface area contributed by atoms with Crippen molar-refractivity contribution in [2.75, 3.05) is 6.61 Å². The summed E-state index contributed by atoms with van der Waals surface area (Å²) >= 11 is 0. The molecule has 32 heavy (non-hydrogen) atoms. The zero-order valence-corrected chi connectivity index (χ0v) is 18.7. The maximum absolute atomic E-state index is 12.8. The number of alkyl halides is 3. The SMILES string of the molecule is Cn1c(CCC(C)(N)COP(=O)([O-])[O-])ccc1C(=O)CCCc1cccc(C(F)(F)F)c1. The summed E-state index contributed by atoms with van der Waals surface area (Å²) in [7, 11) is -3.39. The fraction of sp³-hybridized carbons (Fsp3) is 0.476. The Labute approximate surface area is 184 Å². The van der Waals surface area contributed by atoms with Crippen LogP contribution in [0.3, 0.4) is 0 Å². The molecule has 0 bridgehead atoms. The molecule has 0 spiro atoms. The number of aromatic nitrogens is 1. The van der Waals surface area contributed by atoms with E-state index in [1.165, 1.54) is 6.07 Å². The number of hydrogen-bond acceptors (Lipinski definition) is 6. The van der Waals surface area contributed by atoms with Crippen LogP contribution in [0, 0.1) is 0 Å². The van der Waals surface area contributed by atoms with E-state index < -0.39 is 31.7 Å². The van der Waals surface area contributed by atoms with Gasteiger partial charge in [-0.1, -0.05) is 18.2 Å². The van der Waals surface area contributed by atoms with Crippen molar-refractivity contribution in [1.82, 2.24) is 4.57 Å². The summed E-state index contributed by atoms with van der Waals surface area (Å²) in [5, 5.41) is 0. The highest BCUT2D eigenvalue weighted by atomic mass is 31.2. The van der Waals surface area contributed by atoms with Crippen LogP contribution in [-0.4, -0.2) is 22.5 Å². The summed E-state index contributed by atoms with van der Waals surface area (Å²) in [5.41, 5.74) is 5.98. The van der Waals surface area contributed by atoms with Gasteiger partial charge in [-0.25, -0.2) is 0 Å². The fourth-order valence-corrected chi connectivity index (χ4v) is 3.73.